The van der Waals surface area contributed by atoms with Crippen molar-refractivity contribution in [3.05, 3.63) is 67.9 Å². The van der Waals surface area contributed by atoms with Gasteiger partial charge in [0.2, 0.25) is 0 Å². The summed E-state index contributed by atoms with van der Waals surface area (Å²) >= 11 is 1.55. The van der Waals surface area contributed by atoms with Crippen molar-refractivity contribution in [2.45, 2.75) is 41.0 Å². The van der Waals surface area contributed by atoms with Crippen LogP contribution in [0, 0.1) is 27.7 Å². The molecule has 0 aliphatic rings. The standard InChI is InChI=1S/C21H24O2S/c1-12(2)9-18-15(5)21(24-16(18)6)19(22)8-7-17-10-13(3)20(23)14(4)11-17/h7-8,10-11,23H,1,9H2,2-6H3. The normalized spacial score (nSPS) is 11.2. The highest BCUT2D eigenvalue weighted by Crippen LogP contribution is 2.30. The van der Waals surface area contributed by atoms with E-state index in [1.54, 1.807) is 17.4 Å². The average molecular weight is 340 g/mol. The number of benzene rings is 1. The van der Waals surface area contributed by atoms with E-state index in [0.29, 0.717) is 5.75 Å². The van der Waals surface area contributed by atoms with Gasteiger partial charge in [0.05, 0.1) is 4.88 Å². The predicted octanol–water partition coefficient (Wildman–Crippen LogP) is 5.70. The van der Waals surface area contributed by atoms with Gasteiger partial charge < -0.3 is 5.11 Å². The third-order valence-electron chi connectivity index (χ3n) is 4.12. The molecule has 2 rings (SSSR count). The number of hydrogen-bond acceptors (Lipinski definition) is 3. The Hall–Kier alpha value is -2.13. The second kappa shape index (κ2) is 7.18. The van der Waals surface area contributed by atoms with Crippen LogP contribution >= 0.6 is 11.3 Å². The topological polar surface area (TPSA) is 37.3 Å². The molecule has 1 aromatic carbocycles. The molecular formula is C21H24O2S. The fraction of sp³-hybridized carbons (Fsp3) is 0.286. The van der Waals surface area contributed by atoms with Gasteiger partial charge in [0.1, 0.15) is 5.75 Å². The van der Waals surface area contributed by atoms with Crippen LogP contribution in [0.15, 0.2) is 30.4 Å². The van der Waals surface area contributed by atoms with E-state index in [-0.39, 0.29) is 5.78 Å². The molecule has 0 saturated heterocycles. The van der Waals surface area contributed by atoms with Gasteiger partial charge in [0, 0.05) is 4.88 Å². The quantitative estimate of drug-likeness (QED) is 0.430. The number of phenolic OH excluding ortho intramolecular Hbond substituents is 1. The average Bonchev–Trinajstić information content (AvgIpc) is 2.77. The number of rotatable bonds is 5. The second-order valence-corrected chi connectivity index (χ2v) is 7.65. The summed E-state index contributed by atoms with van der Waals surface area (Å²) in [5.41, 5.74) is 5.93. The molecule has 0 aliphatic carbocycles. The van der Waals surface area contributed by atoms with Crippen LogP contribution in [0.2, 0.25) is 0 Å². The summed E-state index contributed by atoms with van der Waals surface area (Å²) in [6.45, 7) is 13.8. The molecule has 0 atom stereocenters. The van der Waals surface area contributed by atoms with E-state index in [0.717, 1.165) is 39.1 Å². The predicted molar refractivity (Wildman–Crippen MR) is 103 cm³/mol. The minimum absolute atomic E-state index is 0.0250. The zero-order valence-electron chi connectivity index (χ0n) is 15.0. The van der Waals surface area contributed by atoms with Gasteiger partial charge in [-0.2, -0.15) is 0 Å². The summed E-state index contributed by atoms with van der Waals surface area (Å²) in [7, 11) is 0. The second-order valence-electron chi connectivity index (χ2n) is 6.43. The first-order chi connectivity index (χ1) is 11.2. The van der Waals surface area contributed by atoms with Crippen LogP contribution in [0.4, 0.5) is 0 Å². The molecule has 0 bridgehead atoms. The number of allylic oxidation sites excluding steroid dienone is 2. The van der Waals surface area contributed by atoms with Crippen molar-refractivity contribution in [1.29, 1.82) is 0 Å². The third-order valence-corrected chi connectivity index (χ3v) is 5.38. The van der Waals surface area contributed by atoms with Gasteiger partial charge in [-0.05, 0) is 87.1 Å². The lowest BCUT2D eigenvalue weighted by atomic mass is 10.0. The van der Waals surface area contributed by atoms with Crippen LogP contribution in [-0.4, -0.2) is 10.9 Å². The Labute approximate surface area is 148 Å². The SMILES string of the molecule is C=C(C)Cc1c(C)sc(C(=O)C=Cc2cc(C)c(O)c(C)c2)c1C. The Kier molecular flexibility index (Phi) is 5.45. The van der Waals surface area contributed by atoms with Gasteiger partial charge in [0.15, 0.2) is 5.78 Å². The van der Waals surface area contributed by atoms with Crippen LogP contribution in [0.3, 0.4) is 0 Å². The molecule has 0 saturated carbocycles. The maximum Gasteiger partial charge on any atom is 0.196 e. The Balaban J connectivity index is 2.29. The number of phenols is 1. The zero-order valence-corrected chi connectivity index (χ0v) is 15.8. The molecule has 0 radical (unpaired) electrons. The first-order valence-electron chi connectivity index (χ1n) is 7.96. The van der Waals surface area contributed by atoms with E-state index in [2.05, 4.69) is 13.5 Å². The van der Waals surface area contributed by atoms with E-state index in [1.165, 1.54) is 10.4 Å². The number of hydrogen-bond donors (Lipinski definition) is 1. The number of carbonyl (C=O) groups excluding carboxylic acids is 1. The number of thiophene rings is 1. The molecule has 0 fully saturated rings. The summed E-state index contributed by atoms with van der Waals surface area (Å²) in [5.74, 6) is 0.338. The Morgan fingerprint density at radius 1 is 1.21 bits per heavy atom. The van der Waals surface area contributed by atoms with Crippen LogP contribution < -0.4 is 0 Å². The smallest absolute Gasteiger partial charge is 0.196 e. The lowest BCUT2D eigenvalue weighted by Crippen LogP contribution is -1.95. The highest BCUT2D eigenvalue weighted by atomic mass is 32.1. The van der Waals surface area contributed by atoms with Crippen molar-refractivity contribution in [2.24, 2.45) is 0 Å². The van der Waals surface area contributed by atoms with E-state index in [9.17, 15) is 9.90 Å². The fourth-order valence-corrected chi connectivity index (χ4v) is 3.92. The van der Waals surface area contributed by atoms with Crippen molar-refractivity contribution < 1.29 is 9.90 Å². The number of aryl methyl sites for hydroxylation is 3. The molecule has 0 unspecified atom stereocenters. The van der Waals surface area contributed by atoms with Crippen molar-refractivity contribution in [3.8, 4) is 5.75 Å². The Morgan fingerprint density at radius 3 is 2.33 bits per heavy atom. The molecular weight excluding hydrogens is 316 g/mol. The molecule has 2 nitrogen and oxygen atoms in total. The Bertz CT molecular complexity index is 815. The summed E-state index contributed by atoms with van der Waals surface area (Å²) in [6, 6.07) is 3.76. The number of ketones is 1. The minimum Gasteiger partial charge on any atom is -0.507 e. The summed E-state index contributed by atoms with van der Waals surface area (Å²) in [5, 5.41) is 9.83. The van der Waals surface area contributed by atoms with E-state index >= 15 is 0 Å². The molecule has 1 aromatic heterocycles. The number of aromatic hydroxyl groups is 1. The Morgan fingerprint density at radius 2 is 1.79 bits per heavy atom. The first kappa shape index (κ1) is 18.2. The summed E-state index contributed by atoms with van der Waals surface area (Å²) in [4.78, 5) is 14.6. The fourth-order valence-electron chi connectivity index (χ4n) is 2.82. The van der Waals surface area contributed by atoms with Crippen molar-refractivity contribution in [2.75, 3.05) is 0 Å². The maximum absolute atomic E-state index is 12.6. The molecule has 0 aliphatic heterocycles. The molecule has 1 heterocycles. The van der Waals surface area contributed by atoms with Crippen molar-refractivity contribution in [3.63, 3.8) is 0 Å². The van der Waals surface area contributed by atoms with E-state index in [1.807, 2.05) is 45.9 Å². The highest BCUT2D eigenvalue weighted by Gasteiger charge is 2.16. The maximum atomic E-state index is 12.6. The lowest BCUT2D eigenvalue weighted by Gasteiger charge is -2.04. The van der Waals surface area contributed by atoms with Crippen LogP contribution in [0.25, 0.3) is 6.08 Å². The van der Waals surface area contributed by atoms with Gasteiger partial charge >= 0.3 is 0 Å². The molecule has 0 amide bonds. The van der Waals surface area contributed by atoms with Gasteiger partial charge in [-0.3, -0.25) is 4.79 Å². The van der Waals surface area contributed by atoms with E-state index in [4.69, 9.17) is 0 Å². The van der Waals surface area contributed by atoms with Crippen molar-refractivity contribution in [1.82, 2.24) is 0 Å². The first-order valence-corrected chi connectivity index (χ1v) is 8.78. The van der Waals surface area contributed by atoms with Crippen molar-refractivity contribution >= 4 is 23.2 Å². The number of carbonyl (C=O) groups is 1. The molecule has 24 heavy (non-hydrogen) atoms. The third kappa shape index (κ3) is 3.85. The van der Waals surface area contributed by atoms with Gasteiger partial charge in [0.25, 0.3) is 0 Å². The monoisotopic (exact) mass is 340 g/mol. The van der Waals surface area contributed by atoms with Gasteiger partial charge in [-0.1, -0.05) is 18.2 Å². The lowest BCUT2D eigenvalue weighted by molar-refractivity contribution is 0.105. The van der Waals surface area contributed by atoms with Gasteiger partial charge in [-0.15, -0.1) is 11.3 Å². The zero-order chi connectivity index (χ0) is 18.0. The van der Waals surface area contributed by atoms with E-state index < -0.39 is 0 Å². The highest BCUT2D eigenvalue weighted by molar-refractivity contribution is 7.14. The summed E-state index contributed by atoms with van der Waals surface area (Å²) < 4.78 is 0. The van der Waals surface area contributed by atoms with Crippen LogP contribution in [-0.2, 0) is 6.42 Å². The molecule has 2 aromatic rings. The van der Waals surface area contributed by atoms with Crippen LogP contribution in [0.5, 0.6) is 5.75 Å². The molecule has 3 heteroatoms. The molecule has 126 valence electrons. The minimum atomic E-state index is 0.0250. The molecule has 0 spiro atoms. The van der Waals surface area contributed by atoms with Gasteiger partial charge in [-0.25, -0.2) is 0 Å². The van der Waals surface area contributed by atoms with Crippen LogP contribution in [0.1, 0.15) is 49.3 Å². The molecule has 1 N–H and O–H groups in total. The largest absolute Gasteiger partial charge is 0.507 e. The summed E-state index contributed by atoms with van der Waals surface area (Å²) in [6.07, 6.45) is 4.25.